The SMILES string of the molecule is CC.CC(F)CNC(=O)O.[HH]. The number of carbonyl (C=O) groups is 1. The van der Waals surface area contributed by atoms with Crippen molar-refractivity contribution < 1.29 is 15.7 Å². The molecule has 0 aliphatic heterocycles. The first-order chi connectivity index (χ1) is 4.63. The van der Waals surface area contributed by atoms with E-state index >= 15 is 0 Å². The van der Waals surface area contributed by atoms with Crippen LogP contribution in [0.2, 0.25) is 0 Å². The number of amides is 1. The van der Waals surface area contributed by atoms with Crippen molar-refractivity contribution in [2.24, 2.45) is 0 Å². The summed E-state index contributed by atoms with van der Waals surface area (Å²) in [5, 5.41) is 9.77. The Morgan fingerprint density at radius 3 is 2.30 bits per heavy atom. The van der Waals surface area contributed by atoms with E-state index in [4.69, 9.17) is 5.11 Å². The van der Waals surface area contributed by atoms with Gasteiger partial charge in [-0.05, 0) is 6.92 Å². The molecule has 0 aromatic rings. The molecule has 3 nitrogen and oxygen atoms in total. The number of nitrogens with one attached hydrogen (secondary N) is 1. The topological polar surface area (TPSA) is 49.3 Å². The van der Waals surface area contributed by atoms with E-state index < -0.39 is 12.3 Å². The molecule has 64 valence electrons. The van der Waals surface area contributed by atoms with Gasteiger partial charge in [0.1, 0.15) is 6.17 Å². The van der Waals surface area contributed by atoms with Crippen LogP contribution in [0, 0.1) is 0 Å². The molecule has 1 atom stereocenters. The van der Waals surface area contributed by atoms with Crippen LogP contribution >= 0.6 is 0 Å². The first-order valence-corrected chi connectivity index (χ1v) is 3.24. The smallest absolute Gasteiger partial charge is 0.404 e. The molecule has 0 aliphatic carbocycles. The molecule has 1 amide bonds. The first-order valence-electron chi connectivity index (χ1n) is 3.24. The van der Waals surface area contributed by atoms with E-state index in [1.807, 2.05) is 19.2 Å². The Labute approximate surface area is 61.7 Å². The lowest BCUT2D eigenvalue weighted by Crippen LogP contribution is -2.26. The van der Waals surface area contributed by atoms with Gasteiger partial charge in [0, 0.05) is 1.43 Å². The highest BCUT2D eigenvalue weighted by Crippen LogP contribution is 1.82. The zero-order valence-electron chi connectivity index (χ0n) is 6.52. The van der Waals surface area contributed by atoms with Crippen molar-refractivity contribution in [3.8, 4) is 0 Å². The van der Waals surface area contributed by atoms with Gasteiger partial charge in [-0.2, -0.15) is 0 Å². The van der Waals surface area contributed by atoms with Crippen molar-refractivity contribution in [3.05, 3.63) is 0 Å². The number of carboxylic acid groups (broad SMARTS) is 1. The molecule has 0 aromatic heterocycles. The molecule has 0 bridgehead atoms. The largest absolute Gasteiger partial charge is 0.465 e. The van der Waals surface area contributed by atoms with Crippen LogP contribution in [-0.4, -0.2) is 23.9 Å². The predicted molar refractivity (Wildman–Crippen MR) is 40.1 cm³/mol. The van der Waals surface area contributed by atoms with Crippen LogP contribution in [0.5, 0.6) is 0 Å². The molecular weight excluding hydrogens is 137 g/mol. The fourth-order valence-electron chi connectivity index (χ4n) is 0.228. The van der Waals surface area contributed by atoms with Crippen molar-refractivity contribution in [2.45, 2.75) is 26.9 Å². The van der Waals surface area contributed by atoms with E-state index in [1.54, 1.807) is 0 Å². The summed E-state index contributed by atoms with van der Waals surface area (Å²) < 4.78 is 11.7. The third kappa shape index (κ3) is 15.7. The maximum Gasteiger partial charge on any atom is 0.404 e. The van der Waals surface area contributed by atoms with E-state index in [9.17, 15) is 9.18 Å². The van der Waals surface area contributed by atoms with Crippen LogP contribution < -0.4 is 5.32 Å². The minimum absolute atomic E-state index is 0. The summed E-state index contributed by atoms with van der Waals surface area (Å²) in [4.78, 5) is 9.63. The minimum Gasteiger partial charge on any atom is -0.465 e. The number of rotatable bonds is 2. The predicted octanol–water partition coefficient (Wildman–Crippen LogP) is 1.88. The van der Waals surface area contributed by atoms with E-state index in [2.05, 4.69) is 0 Å². The molecule has 0 aromatic carbocycles. The van der Waals surface area contributed by atoms with Gasteiger partial charge in [0.25, 0.3) is 0 Å². The summed E-state index contributed by atoms with van der Waals surface area (Å²) in [7, 11) is 0. The quantitative estimate of drug-likeness (QED) is 0.636. The van der Waals surface area contributed by atoms with Crippen molar-refractivity contribution in [2.75, 3.05) is 6.54 Å². The Morgan fingerprint density at radius 2 is 2.20 bits per heavy atom. The second-order valence-electron chi connectivity index (χ2n) is 1.47. The van der Waals surface area contributed by atoms with Crippen LogP contribution in [0.15, 0.2) is 0 Å². The van der Waals surface area contributed by atoms with Crippen LogP contribution in [0.1, 0.15) is 22.2 Å². The molecule has 0 aliphatic rings. The Morgan fingerprint density at radius 1 is 1.80 bits per heavy atom. The fraction of sp³-hybridized carbons (Fsp3) is 0.833. The summed E-state index contributed by atoms with van der Waals surface area (Å²) in [6.45, 7) is 5.16. The fourth-order valence-corrected chi connectivity index (χ4v) is 0.228. The highest BCUT2D eigenvalue weighted by molar-refractivity contribution is 5.64. The van der Waals surface area contributed by atoms with Gasteiger partial charge in [0.05, 0.1) is 6.54 Å². The summed E-state index contributed by atoms with van der Waals surface area (Å²) in [6.07, 6.45) is -2.29. The highest BCUT2D eigenvalue weighted by Gasteiger charge is 1.98. The van der Waals surface area contributed by atoms with Crippen LogP contribution in [-0.2, 0) is 0 Å². The average molecular weight is 153 g/mol. The Balaban J connectivity index is -0.000000196. The summed E-state index contributed by atoms with van der Waals surface area (Å²) in [5.74, 6) is 0. The Kier molecular flexibility index (Phi) is 9.79. The van der Waals surface area contributed by atoms with Gasteiger partial charge in [0.15, 0.2) is 0 Å². The van der Waals surface area contributed by atoms with Gasteiger partial charge in [-0.1, -0.05) is 13.8 Å². The number of alkyl halides is 1. The molecule has 0 saturated heterocycles. The van der Waals surface area contributed by atoms with Gasteiger partial charge in [-0.15, -0.1) is 0 Å². The summed E-state index contributed by atoms with van der Waals surface area (Å²) in [5.41, 5.74) is 0. The van der Waals surface area contributed by atoms with Gasteiger partial charge < -0.3 is 10.4 Å². The normalized spacial score (nSPS) is 10.8. The van der Waals surface area contributed by atoms with Crippen molar-refractivity contribution in [3.63, 3.8) is 0 Å². The van der Waals surface area contributed by atoms with E-state index in [-0.39, 0.29) is 7.97 Å². The standard InChI is InChI=1S/C4H8FNO2.C2H6.H2/c1-3(5)2-6-4(7)8;1-2;/h3,6H,2H2,1H3,(H,7,8);1-2H3;1H. The molecular formula is C6H16FNO2. The number of halogens is 1. The highest BCUT2D eigenvalue weighted by atomic mass is 19.1. The molecule has 10 heavy (non-hydrogen) atoms. The molecule has 0 heterocycles. The molecule has 0 radical (unpaired) electrons. The first kappa shape index (κ1) is 11.9. The van der Waals surface area contributed by atoms with Crippen molar-refractivity contribution in [1.82, 2.24) is 5.32 Å². The van der Waals surface area contributed by atoms with Gasteiger partial charge in [-0.25, -0.2) is 9.18 Å². The molecule has 0 saturated carbocycles. The Hall–Kier alpha value is -0.800. The lowest BCUT2D eigenvalue weighted by atomic mass is 10.4. The lowest BCUT2D eigenvalue weighted by molar-refractivity contribution is 0.190. The number of hydrogen-bond acceptors (Lipinski definition) is 1. The van der Waals surface area contributed by atoms with E-state index in [1.165, 1.54) is 6.92 Å². The van der Waals surface area contributed by atoms with Crippen LogP contribution in [0.3, 0.4) is 0 Å². The zero-order valence-corrected chi connectivity index (χ0v) is 6.52. The van der Waals surface area contributed by atoms with Crippen LogP contribution in [0.4, 0.5) is 9.18 Å². The van der Waals surface area contributed by atoms with E-state index in [0.717, 1.165) is 0 Å². The Bertz CT molecular complexity index is 90.7. The number of hydrogen-bond donors (Lipinski definition) is 2. The minimum atomic E-state index is -1.19. The van der Waals surface area contributed by atoms with Gasteiger partial charge >= 0.3 is 6.09 Å². The van der Waals surface area contributed by atoms with Gasteiger partial charge in [0.2, 0.25) is 0 Å². The second-order valence-corrected chi connectivity index (χ2v) is 1.47. The molecule has 0 fully saturated rings. The molecule has 2 N–H and O–H groups in total. The van der Waals surface area contributed by atoms with Crippen molar-refractivity contribution in [1.29, 1.82) is 0 Å². The molecule has 4 heteroatoms. The molecule has 1 unspecified atom stereocenters. The summed E-state index contributed by atoms with van der Waals surface area (Å²) in [6, 6.07) is 0. The third-order valence-corrected chi connectivity index (χ3v) is 0.535. The van der Waals surface area contributed by atoms with Crippen LogP contribution in [0.25, 0.3) is 0 Å². The van der Waals surface area contributed by atoms with Gasteiger partial charge in [-0.3, -0.25) is 0 Å². The third-order valence-electron chi connectivity index (χ3n) is 0.535. The maximum absolute atomic E-state index is 11.7. The summed E-state index contributed by atoms with van der Waals surface area (Å²) >= 11 is 0. The van der Waals surface area contributed by atoms with E-state index in [0.29, 0.717) is 0 Å². The van der Waals surface area contributed by atoms with Crippen molar-refractivity contribution >= 4 is 6.09 Å². The maximum atomic E-state index is 11.7. The second kappa shape index (κ2) is 8.20. The zero-order chi connectivity index (χ0) is 8.57. The lowest BCUT2D eigenvalue weighted by Gasteiger charge is -1.98. The molecule has 0 spiro atoms. The molecule has 0 rings (SSSR count). The average Bonchev–Trinajstić information content (AvgIpc) is 1.89. The monoisotopic (exact) mass is 153 g/mol.